The molecule has 2 aromatic carbocycles. The van der Waals surface area contributed by atoms with Gasteiger partial charge in [0.1, 0.15) is 5.82 Å². The van der Waals surface area contributed by atoms with Crippen LogP contribution in [0.15, 0.2) is 36.4 Å². The fourth-order valence-corrected chi connectivity index (χ4v) is 1.63. The Bertz CT molecular complexity index is 520. The molecule has 0 aromatic heterocycles. The van der Waals surface area contributed by atoms with Crippen molar-refractivity contribution >= 4 is 16.7 Å². The van der Waals surface area contributed by atoms with E-state index in [0.29, 0.717) is 10.9 Å². The zero-order valence-electron chi connectivity index (χ0n) is 7.90. The SMILES string of the molecule is O=C(O)Cc1cccc2ccc(F)cc12. The molecule has 0 spiro atoms. The maximum Gasteiger partial charge on any atom is 0.307 e. The van der Waals surface area contributed by atoms with E-state index in [2.05, 4.69) is 0 Å². The van der Waals surface area contributed by atoms with Crippen molar-refractivity contribution in [2.75, 3.05) is 0 Å². The van der Waals surface area contributed by atoms with Gasteiger partial charge >= 0.3 is 5.97 Å². The van der Waals surface area contributed by atoms with Crippen molar-refractivity contribution in [3.8, 4) is 0 Å². The van der Waals surface area contributed by atoms with E-state index in [1.807, 2.05) is 6.07 Å². The molecule has 0 heterocycles. The standard InChI is InChI=1S/C12H9FO2/c13-10-5-4-8-2-1-3-9(6-12(14)15)11(8)7-10/h1-5,7H,6H2,(H,14,15). The third-order valence-corrected chi connectivity index (χ3v) is 2.28. The molecular weight excluding hydrogens is 195 g/mol. The fraction of sp³-hybridized carbons (Fsp3) is 0.0833. The van der Waals surface area contributed by atoms with E-state index >= 15 is 0 Å². The molecule has 0 fully saturated rings. The normalized spacial score (nSPS) is 10.5. The lowest BCUT2D eigenvalue weighted by Crippen LogP contribution is -2.00. The van der Waals surface area contributed by atoms with Crippen molar-refractivity contribution in [2.24, 2.45) is 0 Å². The first-order chi connectivity index (χ1) is 7.16. The molecule has 76 valence electrons. The summed E-state index contributed by atoms with van der Waals surface area (Å²) in [5.41, 5.74) is 0.638. The number of hydrogen-bond donors (Lipinski definition) is 1. The monoisotopic (exact) mass is 204 g/mol. The highest BCUT2D eigenvalue weighted by molar-refractivity contribution is 5.88. The van der Waals surface area contributed by atoms with Crippen LogP contribution in [0.25, 0.3) is 10.8 Å². The number of carboxylic acids is 1. The summed E-state index contributed by atoms with van der Waals surface area (Å²) in [6.07, 6.45) is -0.0825. The zero-order chi connectivity index (χ0) is 10.8. The van der Waals surface area contributed by atoms with Crippen LogP contribution in [0.5, 0.6) is 0 Å². The Labute approximate surface area is 86.0 Å². The predicted octanol–water partition coefficient (Wildman–Crippen LogP) is 2.61. The van der Waals surface area contributed by atoms with Gasteiger partial charge in [-0.15, -0.1) is 0 Å². The Morgan fingerprint density at radius 2 is 2.07 bits per heavy atom. The van der Waals surface area contributed by atoms with Gasteiger partial charge < -0.3 is 5.11 Å². The molecular formula is C12H9FO2. The van der Waals surface area contributed by atoms with Crippen LogP contribution in [0.1, 0.15) is 5.56 Å². The second-order valence-corrected chi connectivity index (χ2v) is 3.35. The molecule has 0 saturated carbocycles. The first-order valence-electron chi connectivity index (χ1n) is 4.56. The number of halogens is 1. The Hall–Kier alpha value is -1.90. The predicted molar refractivity (Wildman–Crippen MR) is 55.2 cm³/mol. The molecule has 2 nitrogen and oxygen atoms in total. The number of carbonyl (C=O) groups is 1. The lowest BCUT2D eigenvalue weighted by Gasteiger charge is -2.03. The highest BCUT2D eigenvalue weighted by atomic mass is 19.1. The van der Waals surface area contributed by atoms with E-state index in [-0.39, 0.29) is 12.2 Å². The van der Waals surface area contributed by atoms with Crippen LogP contribution < -0.4 is 0 Å². The van der Waals surface area contributed by atoms with Gasteiger partial charge in [-0.3, -0.25) is 4.79 Å². The van der Waals surface area contributed by atoms with Gasteiger partial charge in [0, 0.05) is 0 Å². The molecule has 0 unspecified atom stereocenters. The molecule has 2 rings (SSSR count). The molecule has 0 bridgehead atoms. The maximum atomic E-state index is 13.0. The van der Waals surface area contributed by atoms with Gasteiger partial charge in [0.2, 0.25) is 0 Å². The fourth-order valence-electron chi connectivity index (χ4n) is 1.63. The van der Waals surface area contributed by atoms with Crippen LogP contribution in [0.4, 0.5) is 4.39 Å². The minimum atomic E-state index is -0.910. The first-order valence-corrected chi connectivity index (χ1v) is 4.56. The summed E-state index contributed by atoms with van der Waals surface area (Å²) in [5.74, 6) is -1.26. The van der Waals surface area contributed by atoms with Crippen LogP contribution in [-0.2, 0) is 11.2 Å². The molecule has 0 saturated heterocycles. The van der Waals surface area contributed by atoms with Crippen molar-refractivity contribution in [3.63, 3.8) is 0 Å². The smallest absolute Gasteiger partial charge is 0.307 e. The van der Waals surface area contributed by atoms with E-state index in [9.17, 15) is 9.18 Å². The summed E-state index contributed by atoms with van der Waals surface area (Å²) >= 11 is 0. The molecule has 0 aliphatic carbocycles. The Morgan fingerprint density at radius 1 is 1.27 bits per heavy atom. The summed E-state index contributed by atoms with van der Waals surface area (Å²) in [7, 11) is 0. The summed E-state index contributed by atoms with van der Waals surface area (Å²) in [4.78, 5) is 10.6. The molecule has 0 amide bonds. The third kappa shape index (κ3) is 1.96. The first kappa shape index (κ1) is 9.65. The van der Waals surface area contributed by atoms with Crippen molar-refractivity contribution in [2.45, 2.75) is 6.42 Å². The topological polar surface area (TPSA) is 37.3 Å². The molecule has 0 atom stereocenters. The largest absolute Gasteiger partial charge is 0.481 e. The average Bonchev–Trinajstić information content (AvgIpc) is 2.18. The number of hydrogen-bond acceptors (Lipinski definition) is 1. The molecule has 2 aromatic rings. The van der Waals surface area contributed by atoms with Crippen LogP contribution in [0, 0.1) is 5.82 Å². The van der Waals surface area contributed by atoms with Crippen molar-refractivity contribution in [1.82, 2.24) is 0 Å². The van der Waals surface area contributed by atoms with E-state index in [0.717, 1.165) is 5.39 Å². The van der Waals surface area contributed by atoms with Gasteiger partial charge in [-0.2, -0.15) is 0 Å². The maximum absolute atomic E-state index is 13.0. The Kier molecular flexibility index (Phi) is 2.37. The molecule has 1 N–H and O–H groups in total. The molecule has 0 aliphatic rings. The van der Waals surface area contributed by atoms with Gasteiger partial charge in [-0.25, -0.2) is 4.39 Å². The van der Waals surface area contributed by atoms with Gasteiger partial charge in [-0.05, 0) is 28.5 Å². The van der Waals surface area contributed by atoms with E-state index in [4.69, 9.17) is 5.11 Å². The van der Waals surface area contributed by atoms with E-state index < -0.39 is 5.97 Å². The molecule has 0 aliphatic heterocycles. The van der Waals surface area contributed by atoms with Gasteiger partial charge in [0.15, 0.2) is 0 Å². The van der Waals surface area contributed by atoms with Crippen molar-refractivity contribution in [3.05, 3.63) is 47.8 Å². The zero-order valence-corrected chi connectivity index (χ0v) is 7.90. The minimum Gasteiger partial charge on any atom is -0.481 e. The van der Waals surface area contributed by atoms with Crippen LogP contribution >= 0.6 is 0 Å². The van der Waals surface area contributed by atoms with E-state index in [1.165, 1.54) is 12.1 Å². The highest BCUT2D eigenvalue weighted by Crippen LogP contribution is 2.20. The number of fused-ring (bicyclic) bond motifs is 1. The number of rotatable bonds is 2. The Morgan fingerprint density at radius 3 is 2.80 bits per heavy atom. The van der Waals surface area contributed by atoms with Crippen molar-refractivity contribution in [1.29, 1.82) is 0 Å². The summed E-state index contributed by atoms with van der Waals surface area (Å²) in [6.45, 7) is 0. The number of aliphatic carboxylic acids is 1. The van der Waals surface area contributed by atoms with Gasteiger partial charge in [-0.1, -0.05) is 24.3 Å². The summed E-state index contributed by atoms with van der Waals surface area (Å²) < 4.78 is 13.0. The van der Waals surface area contributed by atoms with Crippen LogP contribution in [0.3, 0.4) is 0 Å². The van der Waals surface area contributed by atoms with Gasteiger partial charge in [0.05, 0.1) is 6.42 Å². The number of benzene rings is 2. The average molecular weight is 204 g/mol. The third-order valence-electron chi connectivity index (χ3n) is 2.28. The van der Waals surface area contributed by atoms with Gasteiger partial charge in [0.25, 0.3) is 0 Å². The highest BCUT2D eigenvalue weighted by Gasteiger charge is 2.05. The van der Waals surface area contributed by atoms with Crippen LogP contribution in [0.2, 0.25) is 0 Å². The summed E-state index contributed by atoms with van der Waals surface area (Å²) in [6, 6.07) is 9.70. The lowest BCUT2D eigenvalue weighted by molar-refractivity contribution is -0.136. The lowest BCUT2D eigenvalue weighted by atomic mass is 10.0. The summed E-state index contributed by atoms with van der Waals surface area (Å²) in [5, 5.41) is 10.2. The quantitative estimate of drug-likeness (QED) is 0.816. The molecule has 0 radical (unpaired) electrons. The number of carboxylic acid groups (broad SMARTS) is 1. The van der Waals surface area contributed by atoms with Crippen molar-refractivity contribution < 1.29 is 14.3 Å². The minimum absolute atomic E-state index is 0.0825. The second kappa shape index (κ2) is 3.69. The molecule has 15 heavy (non-hydrogen) atoms. The molecule has 3 heteroatoms. The second-order valence-electron chi connectivity index (χ2n) is 3.35. The van der Waals surface area contributed by atoms with E-state index in [1.54, 1.807) is 18.2 Å². The van der Waals surface area contributed by atoms with Crippen LogP contribution in [-0.4, -0.2) is 11.1 Å². The Balaban J connectivity index is 2.63.